The molecule has 2 heterocycles. The number of fused-ring (bicyclic) bond motifs is 3. The molecule has 0 spiro atoms. The van der Waals surface area contributed by atoms with Gasteiger partial charge < -0.3 is 9.88 Å². The van der Waals surface area contributed by atoms with Crippen LogP contribution in [0.5, 0.6) is 0 Å². The fourth-order valence-electron chi connectivity index (χ4n) is 4.99. The summed E-state index contributed by atoms with van der Waals surface area (Å²) in [5.74, 6) is 0. The predicted molar refractivity (Wildman–Crippen MR) is 114 cm³/mol. The van der Waals surface area contributed by atoms with Gasteiger partial charge in [-0.2, -0.15) is 0 Å². The SMILES string of the molecule is CC(c1ccccc1)n1c2c(c3cc(C4=CCNCC4)ccc31)CCCC2. The van der Waals surface area contributed by atoms with Gasteiger partial charge >= 0.3 is 0 Å². The summed E-state index contributed by atoms with van der Waals surface area (Å²) in [6.07, 6.45) is 8.57. The smallest absolute Gasteiger partial charge is 0.0560 e. The van der Waals surface area contributed by atoms with E-state index in [1.807, 2.05) is 0 Å². The second kappa shape index (κ2) is 7.01. The van der Waals surface area contributed by atoms with Crippen molar-refractivity contribution in [3.05, 3.63) is 77.0 Å². The third-order valence-electron chi connectivity index (χ3n) is 6.41. The summed E-state index contributed by atoms with van der Waals surface area (Å²) in [4.78, 5) is 0. The summed E-state index contributed by atoms with van der Waals surface area (Å²) >= 11 is 0. The van der Waals surface area contributed by atoms with Crippen LogP contribution in [0.25, 0.3) is 16.5 Å². The zero-order valence-corrected chi connectivity index (χ0v) is 16.2. The van der Waals surface area contributed by atoms with Crippen molar-refractivity contribution >= 4 is 16.5 Å². The Morgan fingerprint density at radius 3 is 2.63 bits per heavy atom. The molecule has 0 radical (unpaired) electrons. The van der Waals surface area contributed by atoms with Gasteiger partial charge in [0.15, 0.2) is 0 Å². The molecule has 2 heteroatoms. The number of nitrogens with one attached hydrogen (secondary N) is 1. The molecule has 1 aromatic heterocycles. The van der Waals surface area contributed by atoms with E-state index in [1.165, 1.54) is 53.3 Å². The molecule has 138 valence electrons. The summed E-state index contributed by atoms with van der Waals surface area (Å²) in [7, 11) is 0. The van der Waals surface area contributed by atoms with Crippen LogP contribution in [0.4, 0.5) is 0 Å². The van der Waals surface area contributed by atoms with Crippen molar-refractivity contribution in [3.8, 4) is 0 Å². The van der Waals surface area contributed by atoms with Crippen molar-refractivity contribution in [1.29, 1.82) is 0 Å². The molecule has 1 aliphatic heterocycles. The molecule has 27 heavy (non-hydrogen) atoms. The largest absolute Gasteiger partial charge is 0.337 e. The van der Waals surface area contributed by atoms with Crippen LogP contribution in [0.1, 0.15) is 54.6 Å². The van der Waals surface area contributed by atoms with Gasteiger partial charge in [-0.3, -0.25) is 0 Å². The summed E-state index contributed by atoms with van der Waals surface area (Å²) in [6.45, 7) is 4.44. The Balaban J connectivity index is 1.68. The minimum absolute atomic E-state index is 0.375. The lowest BCUT2D eigenvalue weighted by Crippen LogP contribution is -2.19. The van der Waals surface area contributed by atoms with Gasteiger partial charge in [0.1, 0.15) is 0 Å². The molecule has 1 aliphatic carbocycles. The Kier molecular flexibility index (Phi) is 4.37. The molecule has 2 nitrogen and oxygen atoms in total. The highest BCUT2D eigenvalue weighted by molar-refractivity contribution is 5.89. The van der Waals surface area contributed by atoms with Gasteiger partial charge in [-0.05, 0) is 80.0 Å². The Bertz CT molecular complexity index is 994. The lowest BCUT2D eigenvalue weighted by atomic mass is 9.93. The van der Waals surface area contributed by atoms with E-state index in [-0.39, 0.29) is 0 Å². The number of aromatic nitrogens is 1. The molecule has 1 atom stereocenters. The summed E-state index contributed by atoms with van der Waals surface area (Å²) in [6, 6.07) is 18.5. The minimum Gasteiger partial charge on any atom is -0.337 e. The second-order valence-corrected chi connectivity index (χ2v) is 8.00. The van der Waals surface area contributed by atoms with Crippen LogP contribution in [0.15, 0.2) is 54.6 Å². The Hall–Kier alpha value is -2.32. The first-order valence-corrected chi connectivity index (χ1v) is 10.4. The van der Waals surface area contributed by atoms with Crippen molar-refractivity contribution in [1.82, 2.24) is 9.88 Å². The Morgan fingerprint density at radius 2 is 1.81 bits per heavy atom. The number of nitrogens with zero attached hydrogens (tertiary/aromatic N) is 1. The molecule has 3 aromatic rings. The monoisotopic (exact) mass is 356 g/mol. The Morgan fingerprint density at radius 1 is 0.963 bits per heavy atom. The first-order chi connectivity index (χ1) is 13.3. The molecule has 1 unspecified atom stereocenters. The van der Waals surface area contributed by atoms with Crippen LogP contribution in [-0.4, -0.2) is 17.7 Å². The molecule has 0 fully saturated rings. The molecule has 0 amide bonds. The molecule has 2 aliphatic rings. The minimum atomic E-state index is 0.375. The van der Waals surface area contributed by atoms with E-state index in [4.69, 9.17) is 0 Å². The van der Waals surface area contributed by atoms with E-state index in [1.54, 1.807) is 11.3 Å². The van der Waals surface area contributed by atoms with E-state index in [0.29, 0.717) is 6.04 Å². The van der Waals surface area contributed by atoms with Crippen LogP contribution in [-0.2, 0) is 12.8 Å². The van der Waals surface area contributed by atoms with E-state index < -0.39 is 0 Å². The van der Waals surface area contributed by atoms with Crippen molar-refractivity contribution in [2.75, 3.05) is 13.1 Å². The van der Waals surface area contributed by atoms with Gasteiger partial charge in [0.2, 0.25) is 0 Å². The molecule has 5 rings (SSSR count). The van der Waals surface area contributed by atoms with E-state index in [9.17, 15) is 0 Å². The van der Waals surface area contributed by atoms with Crippen molar-refractivity contribution in [3.63, 3.8) is 0 Å². The second-order valence-electron chi connectivity index (χ2n) is 8.00. The maximum absolute atomic E-state index is 3.43. The predicted octanol–water partition coefficient (Wildman–Crippen LogP) is 5.51. The molecule has 2 aromatic carbocycles. The molecule has 0 bridgehead atoms. The van der Waals surface area contributed by atoms with Gasteiger partial charge in [0.25, 0.3) is 0 Å². The van der Waals surface area contributed by atoms with Crippen molar-refractivity contribution in [2.45, 2.75) is 45.1 Å². The molecule has 0 saturated heterocycles. The molecular weight excluding hydrogens is 328 g/mol. The van der Waals surface area contributed by atoms with Gasteiger partial charge in [-0.15, -0.1) is 0 Å². The van der Waals surface area contributed by atoms with E-state index in [2.05, 4.69) is 71.4 Å². The van der Waals surface area contributed by atoms with Crippen LogP contribution >= 0.6 is 0 Å². The fraction of sp³-hybridized carbons (Fsp3) is 0.360. The number of rotatable bonds is 3. The third kappa shape index (κ3) is 2.93. The molecule has 1 N–H and O–H groups in total. The fourth-order valence-corrected chi connectivity index (χ4v) is 4.99. The van der Waals surface area contributed by atoms with Crippen molar-refractivity contribution in [2.24, 2.45) is 0 Å². The van der Waals surface area contributed by atoms with E-state index >= 15 is 0 Å². The van der Waals surface area contributed by atoms with Gasteiger partial charge in [0, 0.05) is 23.1 Å². The highest BCUT2D eigenvalue weighted by Gasteiger charge is 2.23. The van der Waals surface area contributed by atoms with Crippen LogP contribution in [0.2, 0.25) is 0 Å². The zero-order chi connectivity index (χ0) is 18.2. The van der Waals surface area contributed by atoms with Gasteiger partial charge in [-0.25, -0.2) is 0 Å². The summed E-state index contributed by atoms with van der Waals surface area (Å²) < 4.78 is 2.62. The third-order valence-corrected chi connectivity index (χ3v) is 6.41. The quantitative estimate of drug-likeness (QED) is 0.655. The first kappa shape index (κ1) is 16.8. The Labute approximate surface area is 161 Å². The highest BCUT2D eigenvalue weighted by atomic mass is 15.0. The zero-order valence-electron chi connectivity index (χ0n) is 16.2. The standard InChI is InChI=1S/C25H28N2/c1-18(19-7-3-2-4-8-19)27-24-10-6-5-9-22(24)23-17-21(11-12-25(23)27)20-13-15-26-16-14-20/h2-4,7-8,11-13,17-18,26H,5-6,9-10,14-16H2,1H3. The van der Waals surface area contributed by atoms with Gasteiger partial charge in [0.05, 0.1) is 6.04 Å². The van der Waals surface area contributed by atoms with Crippen LogP contribution in [0.3, 0.4) is 0 Å². The highest BCUT2D eigenvalue weighted by Crippen LogP contribution is 2.37. The number of benzene rings is 2. The summed E-state index contributed by atoms with van der Waals surface area (Å²) in [5, 5.41) is 4.92. The van der Waals surface area contributed by atoms with Crippen LogP contribution in [0, 0.1) is 0 Å². The average molecular weight is 357 g/mol. The van der Waals surface area contributed by atoms with E-state index in [0.717, 1.165) is 19.5 Å². The first-order valence-electron chi connectivity index (χ1n) is 10.4. The lowest BCUT2D eigenvalue weighted by Gasteiger charge is -2.22. The average Bonchev–Trinajstić information content (AvgIpc) is 3.08. The molecule has 0 saturated carbocycles. The maximum atomic E-state index is 3.43. The topological polar surface area (TPSA) is 17.0 Å². The molecular formula is C25H28N2. The maximum Gasteiger partial charge on any atom is 0.0560 e. The lowest BCUT2D eigenvalue weighted by molar-refractivity contribution is 0.584. The van der Waals surface area contributed by atoms with Crippen molar-refractivity contribution < 1.29 is 0 Å². The normalized spacial score (nSPS) is 18.2. The number of hydrogen-bond donors (Lipinski definition) is 1. The number of aryl methyl sites for hydroxylation is 1. The van der Waals surface area contributed by atoms with Crippen LogP contribution < -0.4 is 5.32 Å². The van der Waals surface area contributed by atoms with Gasteiger partial charge in [-0.1, -0.05) is 42.5 Å². The summed E-state index contributed by atoms with van der Waals surface area (Å²) in [5.41, 5.74) is 8.91. The number of hydrogen-bond acceptors (Lipinski definition) is 1.